The second-order valence-corrected chi connectivity index (χ2v) is 5.21. The highest BCUT2D eigenvalue weighted by molar-refractivity contribution is 5.40. The van der Waals surface area contributed by atoms with Gasteiger partial charge in [0.15, 0.2) is 0 Å². The van der Waals surface area contributed by atoms with Crippen molar-refractivity contribution in [2.75, 3.05) is 0 Å². The molecule has 3 aliphatic rings. The van der Waals surface area contributed by atoms with Crippen molar-refractivity contribution in [2.24, 2.45) is 5.92 Å². The fourth-order valence-corrected chi connectivity index (χ4v) is 3.75. The first kappa shape index (κ1) is 8.35. The van der Waals surface area contributed by atoms with Gasteiger partial charge in [-0.25, -0.2) is 0 Å². The lowest BCUT2D eigenvalue weighted by atomic mass is 9.68. The molecule has 15 heavy (non-hydrogen) atoms. The van der Waals surface area contributed by atoms with E-state index in [0.717, 1.165) is 11.8 Å². The molecule has 2 aliphatic carbocycles. The minimum atomic E-state index is 0.459. The van der Waals surface area contributed by atoms with Gasteiger partial charge in [0.2, 0.25) is 0 Å². The summed E-state index contributed by atoms with van der Waals surface area (Å²) in [5.74, 6) is 1.64. The Bertz CT molecular complexity index is 398. The van der Waals surface area contributed by atoms with Gasteiger partial charge in [-0.3, -0.25) is 0 Å². The van der Waals surface area contributed by atoms with Crippen LogP contribution in [0.25, 0.3) is 0 Å². The lowest BCUT2D eigenvalue weighted by molar-refractivity contribution is 0.237. The lowest BCUT2D eigenvalue weighted by Gasteiger charge is -2.34. The molecule has 4 unspecified atom stereocenters. The number of benzene rings is 1. The molecule has 1 saturated heterocycles. The summed E-state index contributed by atoms with van der Waals surface area (Å²) in [5.41, 5.74) is 3.09. The SMILES string of the molecule is c1ccc2c(c1)C1CCCCC1C1OC21. The maximum atomic E-state index is 5.87. The molecule has 0 aromatic heterocycles. The quantitative estimate of drug-likeness (QED) is 0.585. The Morgan fingerprint density at radius 1 is 1.00 bits per heavy atom. The van der Waals surface area contributed by atoms with Crippen molar-refractivity contribution >= 4 is 0 Å². The summed E-state index contributed by atoms with van der Waals surface area (Å²) in [7, 11) is 0. The van der Waals surface area contributed by atoms with Gasteiger partial charge < -0.3 is 4.74 Å². The van der Waals surface area contributed by atoms with E-state index in [9.17, 15) is 0 Å². The summed E-state index contributed by atoms with van der Waals surface area (Å²) in [6.45, 7) is 0. The Labute approximate surface area is 90.4 Å². The van der Waals surface area contributed by atoms with Gasteiger partial charge in [0.05, 0.1) is 6.10 Å². The van der Waals surface area contributed by atoms with Crippen molar-refractivity contribution in [3.05, 3.63) is 35.4 Å². The van der Waals surface area contributed by atoms with Gasteiger partial charge in [-0.1, -0.05) is 37.1 Å². The minimum absolute atomic E-state index is 0.459. The summed E-state index contributed by atoms with van der Waals surface area (Å²) < 4.78 is 5.87. The van der Waals surface area contributed by atoms with E-state index >= 15 is 0 Å². The van der Waals surface area contributed by atoms with Gasteiger partial charge in [-0.05, 0) is 35.8 Å². The zero-order chi connectivity index (χ0) is 9.83. The first-order chi connectivity index (χ1) is 7.45. The molecule has 0 bridgehead atoms. The predicted molar refractivity (Wildman–Crippen MR) is 58.8 cm³/mol. The Morgan fingerprint density at radius 2 is 1.80 bits per heavy atom. The summed E-state index contributed by atoms with van der Waals surface area (Å²) in [6.07, 6.45) is 6.63. The Kier molecular flexibility index (Phi) is 1.59. The fourth-order valence-electron chi connectivity index (χ4n) is 3.75. The molecule has 2 fully saturated rings. The van der Waals surface area contributed by atoms with Gasteiger partial charge >= 0.3 is 0 Å². The smallest absolute Gasteiger partial charge is 0.110 e. The summed E-state index contributed by atoms with van der Waals surface area (Å²) in [4.78, 5) is 0. The normalized spacial score (nSPS) is 41.3. The third-order valence-corrected chi connectivity index (χ3v) is 4.47. The minimum Gasteiger partial charge on any atom is -0.364 e. The number of epoxide rings is 1. The van der Waals surface area contributed by atoms with Crippen LogP contribution in [0.3, 0.4) is 0 Å². The van der Waals surface area contributed by atoms with E-state index in [1.807, 2.05) is 0 Å². The van der Waals surface area contributed by atoms with Crippen LogP contribution in [-0.2, 0) is 4.74 Å². The van der Waals surface area contributed by atoms with Crippen molar-refractivity contribution in [2.45, 2.75) is 43.8 Å². The molecule has 0 spiro atoms. The molecular formula is C14H16O. The third-order valence-electron chi connectivity index (χ3n) is 4.47. The van der Waals surface area contributed by atoms with Crippen LogP contribution in [0, 0.1) is 5.92 Å². The summed E-state index contributed by atoms with van der Waals surface area (Å²) in [6, 6.07) is 8.94. The molecule has 4 atom stereocenters. The van der Waals surface area contributed by atoms with Crippen molar-refractivity contribution in [3.63, 3.8) is 0 Å². The fraction of sp³-hybridized carbons (Fsp3) is 0.571. The van der Waals surface area contributed by atoms with E-state index in [2.05, 4.69) is 24.3 Å². The van der Waals surface area contributed by atoms with Crippen LogP contribution < -0.4 is 0 Å². The average Bonchev–Trinajstić information content (AvgIpc) is 3.10. The zero-order valence-electron chi connectivity index (χ0n) is 8.86. The Balaban J connectivity index is 1.84. The molecule has 1 heteroatoms. The summed E-state index contributed by atoms with van der Waals surface area (Å²) >= 11 is 0. The molecule has 4 rings (SSSR count). The molecule has 1 saturated carbocycles. The van der Waals surface area contributed by atoms with Gasteiger partial charge in [0, 0.05) is 0 Å². The van der Waals surface area contributed by atoms with Crippen molar-refractivity contribution in [1.82, 2.24) is 0 Å². The highest BCUT2D eigenvalue weighted by Crippen LogP contribution is 2.58. The second kappa shape index (κ2) is 2.85. The monoisotopic (exact) mass is 200 g/mol. The molecule has 0 N–H and O–H groups in total. The molecule has 1 aliphatic heterocycles. The second-order valence-electron chi connectivity index (χ2n) is 5.21. The molecule has 0 amide bonds. The predicted octanol–water partition coefficient (Wildman–Crippen LogP) is 3.41. The first-order valence-electron chi connectivity index (χ1n) is 6.19. The Hall–Kier alpha value is -0.820. The van der Waals surface area contributed by atoms with E-state index in [1.54, 1.807) is 5.56 Å². The molecule has 0 radical (unpaired) electrons. The van der Waals surface area contributed by atoms with Crippen LogP contribution in [0.5, 0.6) is 0 Å². The first-order valence-corrected chi connectivity index (χ1v) is 6.19. The number of ether oxygens (including phenoxy) is 1. The largest absolute Gasteiger partial charge is 0.364 e. The molecule has 78 valence electrons. The van der Waals surface area contributed by atoms with Crippen LogP contribution >= 0.6 is 0 Å². The average molecular weight is 200 g/mol. The zero-order valence-corrected chi connectivity index (χ0v) is 8.86. The van der Waals surface area contributed by atoms with Gasteiger partial charge in [-0.2, -0.15) is 0 Å². The summed E-state index contributed by atoms with van der Waals surface area (Å²) in [5, 5.41) is 0. The third kappa shape index (κ3) is 1.07. The molecule has 1 heterocycles. The number of rotatable bonds is 0. The lowest BCUT2D eigenvalue weighted by Crippen LogP contribution is -2.27. The van der Waals surface area contributed by atoms with Crippen molar-refractivity contribution in [1.29, 1.82) is 0 Å². The van der Waals surface area contributed by atoms with E-state index < -0.39 is 0 Å². The highest BCUT2D eigenvalue weighted by Gasteiger charge is 2.53. The van der Waals surface area contributed by atoms with Crippen molar-refractivity contribution < 1.29 is 4.74 Å². The Morgan fingerprint density at radius 3 is 2.73 bits per heavy atom. The van der Waals surface area contributed by atoms with E-state index in [4.69, 9.17) is 4.74 Å². The van der Waals surface area contributed by atoms with Gasteiger partial charge in [-0.15, -0.1) is 0 Å². The number of hydrogen-bond acceptors (Lipinski definition) is 1. The maximum Gasteiger partial charge on any atom is 0.110 e. The van der Waals surface area contributed by atoms with E-state index in [0.29, 0.717) is 12.2 Å². The highest BCUT2D eigenvalue weighted by atomic mass is 16.6. The van der Waals surface area contributed by atoms with E-state index in [-0.39, 0.29) is 0 Å². The molecule has 1 aromatic carbocycles. The number of fused-ring (bicyclic) bond motifs is 6. The van der Waals surface area contributed by atoms with E-state index in [1.165, 1.54) is 31.2 Å². The van der Waals surface area contributed by atoms with Crippen LogP contribution in [0.4, 0.5) is 0 Å². The van der Waals surface area contributed by atoms with Crippen molar-refractivity contribution in [3.8, 4) is 0 Å². The molecular weight excluding hydrogens is 184 g/mol. The van der Waals surface area contributed by atoms with Crippen LogP contribution in [0.2, 0.25) is 0 Å². The topological polar surface area (TPSA) is 12.5 Å². The maximum absolute atomic E-state index is 5.87. The van der Waals surface area contributed by atoms with Gasteiger partial charge in [0.25, 0.3) is 0 Å². The number of hydrogen-bond donors (Lipinski definition) is 0. The standard InChI is InChI=1S/C14H16O/c1-3-7-11-9(5-1)10-6-2-4-8-12(10)14-13(11)15-14/h1,3,5,7,10,12-14H,2,4,6,8H2. The molecule has 1 aromatic rings. The van der Waals surface area contributed by atoms with Crippen LogP contribution in [0.15, 0.2) is 24.3 Å². The van der Waals surface area contributed by atoms with Gasteiger partial charge in [0.1, 0.15) is 6.10 Å². The van der Waals surface area contributed by atoms with Crippen LogP contribution in [0.1, 0.15) is 48.8 Å². The molecule has 1 nitrogen and oxygen atoms in total. The van der Waals surface area contributed by atoms with Crippen LogP contribution in [-0.4, -0.2) is 6.10 Å².